The molecule has 1 aromatic carbocycles. The monoisotopic (exact) mass is 487 g/mol. The first kappa shape index (κ1) is 23.2. The summed E-state index contributed by atoms with van der Waals surface area (Å²) in [5.74, 6) is 1.46. The number of piperidine rings is 1. The fraction of sp³-hybridized carbons (Fsp3) is 0.483. The molecule has 3 unspecified atom stereocenters. The zero-order valence-corrected chi connectivity index (χ0v) is 20.6. The van der Waals surface area contributed by atoms with Crippen molar-refractivity contribution >= 4 is 17.6 Å². The van der Waals surface area contributed by atoms with E-state index in [1.165, 1.54) is 50.4 Å². The maximum atomic E-state index is 12.7. The predicted molar refractivity (Wildman–Crippen MR) is 134 cm³/mol. The second-order valence-electron chi connectivity index (χ2n) is 10.8. The third kappa shape index (κ3) is 4.64. The second-order valence-corrected chi connectivity index (χ2v) is 10.8. The minimum atomic E-state index is -0.412. The van der Waals surface area contributed by atoms with Crippen LogP contribution >= 0.6 is 0 Å². The van der Waals surface area contributed by atoms with Gasteiger partial charge in [-0.15, -0.1) is 0 Å². The Hall–Kier alpha value is -3.19. The van der Waals surface area contributed by atoms with Gasteiger partial charge < -0.3 is 9.64 Å². The first-order valence-corrected chi connectivity index (χ1v) is 13.2. The smallest absolute Gasteiger partial charge is 0.249 e. The van der Waals surface area contributed by atoms with Crippen LogP contribution in [0.3, 0.4) is 0 Å². The van der Waals surface area contributed by atoms with Gasteiger partial charge in [0.15, 0.2) is 5.76 Å². The van der Waals surface area contributed by atoms with Crippen LogP contribution in [-0.4, -0.2) is 53.1 Å². The number of likely N-dealkylation sites (tertiary alicyclic amines) is 1. The number of allylic oxidation sites excluding steroid dienone is 2. The fourth-order valence-electron chi connectivity index (χ4n) is 6.46. The Bertz CT molecular complexity index is 1150. The number of nitrogens with zero attached hydrogens (tertiary/aromatic N) is 2. The minimum Gasteiger partial charge on any atom is -0.484 e. The van der Waals surface area contributed by atoms with Crippen LogP contribution < -0.4 is 5.32 Å². The molecule has 0 aromatic heterocycles. The number of carbonyl (C=O) groups is 3. The molecule has 36 heavy (non-hydrogen) atoms. The van der Waals surface area contributed by atoms with Crippen LogP contribution in [-0.2, 0) is 32.3 Å². The van der Waals surface area contributed by atoms with Gasteiger partial charge >= 0.3 is 0 Å². The van der Waals surface area contributed by atoms with Crippen molar-refractivity contribution in [3.63, 3.8) is 0 Å². The Morgan fingerprint density at radius 1 is 0.917 bits per heavy atom. The summed E-state index contributed by atoms with van der Waals surface area (Å²) in [6, 6.07) is 8.12. The van der Waals surface area contributed by atoms with Gasteiger partial charge in [0.05, 0.1) is 0 Å². The average molecular weight is 488 g/mol. The van der Waals surface area contributed by atoms with E-state index in [1.807, 2.05) is 11.1 Å². The molecular weight excluding hydrogens is 454 g/mol. The van der Waals surface area contributed by atoms with Crippen molar-refractivity contribution in [3.8, 4) is 0 Å². The average Bonchev–Trinajstić information content (AvgIpc) is 3.48. The number of hydrogen-bond acceptors (Lipinski definition) is 6. The molecule has 3 atom stereocenters. The van der Waals surface area contributed by atoms with E-state index in [0.29, 0.717) is 31.8 Å². The first-order chi connectivity index (χ1) is 17.5. The lowest BCUT2D eigenvalue weighted by Gasteiger charge is -2.29. The van der Waals surface area contributed by atoms with Crippen molar-refractivity contribution in [1.29, 1.82) is 0 Å². The summed E-state index contributed by atoms with van der Waals surface area (Å²) in [4.78, 5) is 41.0. The van der Waals surface area contributed by atoms with E-state index >= 15 is 0 Å². The zero-order valence-electron chi connectivity index (χ0n) is 20.6. The summed E-state index contributed by atoms with van der Waals surface area (Å²) in [6.07, 6.45) is 11.6. The molecule has 0 spiro atoms. The molecule has 1 aromatic rings. The van der Waals surface area contributed by atoms with E-state index in [-0.39, 0.29) is 17.6 Å². The number of ketones is 1. The van der Waals surface area contributed by atoms with Gasteiger partial charge in [-0.3, -0.25) is 24.6 Å². The Balaban J connectivity index is 1.08. The molecule has 0 bridgehead atoms. The van der Waals surface area contributed by atoms with Gasteiger partial charge in [-0.05, 0) is 60.0 Å². The maximum Gasteiger partial charge on any atom is 0.249 e. The quantitative estimate of drug-likeness (QED) is 0.621. The zero-order chi connectivity index (χ0) is 24.6. The van der Waals surface area contributed by atoms with Gasteiger partial charge in [0, 0.05) is 44.4 Å². The number of carbonyl (C=O) groups excluding carboxylic acids is 3. The lowest BCUT2D eigenvalue weighted by Crippen LogP contribution is -2.50. The standard InChI is InChI=1S/C29H33N3O4/c33-26-11-9-23-16-32(25-10-12-27(34)30-29(25)35)17-24(23)28(26)36-18-20-7-5-19(6-8-20)13-31-14-21-3-1-2-4-22(21)15-31/h5-9,11,16,21-22,25H,1-4,10,12-15,17-18H2,(H,30,34,35). The highest BCUT2D eigenvalue weighted by Gasteiger charge is 2.36. The number of nitrogens with one attached hydrogen (secondary N) is 1. The van der Waals surface area contributed by atoms with Crippen LogP contribution in [0.4, 0.5) is 0 Å². The molecule has 3 aliphatic heterocycles. The largest absolute Gasteiger partial charge is 0.484 e. The van der Waals surface area contributed by atoms with E-state index < -0.39 is 6.04 Å². The second kappa shape index (κ2) is 9.69. The molecule has 2 aliphatic carbocycles. The van der Waals surface area contributed by atoms with Gasteiger partial charge in [-0.1, -0.05) is 37.1 Å². The van der Waals surface area contributed by atoms with Gasteiger partial charge in [0.25, 0.3) is 0 Å². The highest BCUT2D eigenvalue weighted by Crippen LogP contribution is 2.37. The van der Waals surface area contributed by atoms with Gasteiger partial charge in [-0.2, -0.15) is 0 Å². The van der Waals surface area contributed by atoms with Crippen LogP contribution in [0.15, 0.2) is 59.5 Å². The lowest BCUT2D eigenvalue weighted by atomic mass is 9.82. The molecule has 2 saturated heterocycles. The minimum absolute atomic E-state index is 0.153. The van der Waals surface area contributed by atoms with Crippen molar-refractivity contribution in [1.82, 2.24) is 15.1 Å². The number of amides is 2. The van der Waals surface area contributed by atoms with Crippen molar-refractivity contribution in [2.75, 3.05) is 19.6 Å². The number of benzene rings is 1. The third-order valence-corrected chi connectivity index (χ3v) is 8.38. The van der Waals surface area contributed by atoms with Gasteiger partial charge in [-0.25, -0.2) is 0 Å². The summed E-state index contributed by atoms with van der Waals surface area (Å²) in [5, 5.41) is 2.41. The van der Waals surface area contributed by atoms with Crippen molar-refractivity contribution in [3.05, 3.63) is 70.6 Å². The van der Waals surface area contributed by atoms with Crippen LogP contribution in [0.25, 0.3) is 0 Å². The molecule has 5 aliphatic rings. The molecule has 7 heteroatoms. The van der Waals surface area contributed by atoms with Crippen LogP contribution in [0.5, 0.6) is 0 Å². The van der Waals surface area contributed by atoms with Crippen LogP contribution in [0.2, 0.25) is 0 Å². The molecule has 1 N–H and O–H groups in total. The maximum absolute atomic E-state index is 12.7. The summed E-state index contributed by atoms with van der Waals surface area (Å²) in [7, 11) is 0. The van der Waals surface area contributed by atoms with Crippen LogP contribution in [0.1, 0.15) is 49.7 Å². The third-order valence-electron chi connectivity index (χ3n) is 8.38. The van der Waals surface area contributed by atoms with E-state index in [2.05, 4.69) is 34.5 Å². The summed E-state index contributed by atoms with van der Waals surface area (Å²) >= 11 is 0. The number of rotatable bonds is 6. The number of ether oxygens (including phenoxy) is 1. The Morgan fingerprint density at radius 2 is 1.64 bits per heavy atom. The predicted octanol–water partition coefficient (Wildman–Crippen LogP) is 3.22. The van der Waals surface area contributed by atoms with Gasteiger partial charge in [0.1, 0.15) is 12.6 Å². The van der Waals surface area contributed by atoms with Crippen molar-refractivity contribution in [2.24, 2.45) is 11.8 Å². The number of fused-ring (bicyclic) bond motifs is 2. The number of hydrogen-bond donors (Lipinski definition) is 1. The Kier molecular flexibility index (Phi) is 6.25. The number of imide groups is 1. The Labute approximate surface area is 211 Å². The molecule has 3 heterocycles. The summed E-state index contributed by atoms with van der Waals surface area (Å²) in [5.41, 5.74) is 4.03. The van der Waals surface area contributed by atoms with E-state index in [4.69, 9.17) is 4.74 Å². The molecule has 188 valence electrons. The molecule has 7 nitrogen and oxygen atoms in total. The molecule has 3 fully saturated rings. The van der Waals surface area contributed by atoms with E-state index in [1.54, 1.807) is 6.08 Å². The van der Waals surface area contributed by atoms with Crippen molar-refractivity contribution < 1.29 is 19.1 Å². The highest BCUT2D eigenvalue weighted by atomic mass is 16.5. The van der Waals surface area contributed by atoms with Crippen molar-refractivity contribution in [2.45, 2.75) is 57.7 Å². The Morgan fingerprint density at radius 3 is 2.36 bits per heavy atom. The highest BCUT2D eigenvalue weighted by molar-refractivity contribution is 6.06. The lowest BCUT2D eigenvalue weighted by molar-refractivity contribution is -0.136. The SMILES string of the molecule is O=C1CCC(N2C=C3C=CC(=O)C(OCc4ccc(CN5CC6CCCCC6C5)cc4)=C3C2)C(=O)N1. The van der Waals surface area contributed by atoms with Crippen LogP contribution in [0, 0.1) is 11.8 Å². The van der Waals surface area contributed by atoms with E-state index in [0.717, 1.165) is 35.1 Å². The van der Waals surface area contributed by atoms with E-state index in [9.17, 15) is 14.4 Å². The molecular formula is C29H33N3O4. The summed E-state index contributed by atoms with van der Waals surface area (Å²) in [6.45, 7) is 4.20. The van der Waals surface area contributed by atoms with Gasteiger partial charge in [0.2, 0.25) is 17.6 Å². The topological polar surface area (TPSA) is 79.0 Å². The first-order valence-electron chi connectivity index (χ1n) is 13.2. The fourth-order valence-corrected chi connectivity index (χ4v) is 6.46. The molecule has 0 radical (unpaired) electrons. The molecule has 1 saturated carbocycles. The molecule has 2 amide bonds. The molecule has 6 rings (SSSR count). The normalized spacial score (nSPS) is 28.2. The summed E-state index contributed by atoms with van der Waals surface area (Å²) < 4.78 is 6.06.